The molecule has 1 heterocycles. The minimum Gasteiger partial charge on any atom is -0.325 e. The highest BCUT2D eigenvalue weighted by Gasteiger charge is 2.22. The van der Waals surface area contributed by atoms with Crippen molar-refractivity contribution in [2.75, 3.05) is 18.4 Å². The first-order valence-corrected chi connectivity index (χ1v) is 13.0. The monoisotopic (exact) mass is 491 g/mol. The van der Waals surface area contributed by atoms with Gasteiger partial charge in [0, 0.05) is 29.2 Å². The van der Waals surface area contributed by atoms with E-state index in [1.807, 2.05) is 33.8 Å². The van der Waals surface area contributed by atoms with Gasteiger partial charge >= 0.3 is 0 Å². The van der Waals surface area contributed by atoms with E-state index in [2.05, 4.69) is 10.3 Å². The number of halogens is 1. The van der Waals surface area contributed by atoms with Gasteiger partial charge in [-0.05, 0) is 67.9 Å². The number of carbonyl (C=O) groups is 1. The quantitative estimate of drug-likeness (QED) is 0.430. The summed E-state index contributed by atoms with van der Waals surface area (Å²) in [4.78, 5) is 17.5. The molecule has 3 rings (SSSR count). The number of rotatable bonds is 8. The highest BCUT2D eigenvalue weighted by Crippen LogP contribution is 2.29. The van der Waals surface area contributed by atoms with Crippen LogP contribution in [0.15, 0.2) is 58.5 Å². The average molecular weight is 492 g/mol. The molecule has 9 heteroatoms. The molecule has 3 aromatic rings. The van der Waals surface area contributed by atoms with Crippen molar-refractivity contribution < 1.29 is 13.2 Å². The molecule has 0 bridgehead atoms. The third-order valence-corrected chi connectivity index (χ3v) is 8.40. The lowest BCUT2D eigenvalue weighted by Crippen LogP contribution is -2.30. The Labute approximate surface area is 198 Å². The second-order valence-electron chi connectivity index (χ2n) is 7.30. The molecule has 0 unspecified atom stereocenters. The number of fused-ring (bicyclic) bond motifs is 1. The predicted octanol–water partition coefficient (Wildman–Crippen LogP) is 5.35. The number of hydrogen-bond acceptors (Lipinski definition) is 5. The van der Waals surface area contributed by atoms with Crippen LogP contribution in [-0.4, -0.2) is 42.0 Å². The number of sulfonamides is 1. The number of benzene rings is 2. The molecule has 6 nitrogen and oxygen atoms in total. The maximum Gasteiger partial charge on any atom is 0.243 e. The number of aryl methyl sites for hydroxylation is 1. The lowest BCUT2D eigenvalue weighted by molar-refractivity contribution is -0.115. The lowest BCUT2D eigenvalue weighted by Gasteiger charge is -2.19. The molecular weight excluding hydrogens is 466 g/mol. The summed E-state index contributed by atoms with van der Waals surface area (Å²) in [7, 11) is -3.54. The standard InChI is InChI=1S/C23H26ClN3O3S2/c1-5-27(6-2)32(29,30)19-11-12-21-20(14-19)15(3)13-22(26-21)31-16(4)23(28)25-18-9-7-17(24)8-10-18/h7-14,16H,5-6H2,1-4H3,(H,25,28)/t16-/m1/s1. The van der Waals surface area contributed by atoms with Gasteiger partial charge < -0.3 is 5.32 Å². The molecule has 0 saturated carbocycles. The highest BCUT2D eigenvalue weighted by molar-refractivity contribution is 8.00. The number of anilines is 1. The van der Waals surface area contributed by atoms with Gasteiger partial charge in [-0.15, -0.1) is 0 Å². The van der Waals surface area contributed by atoms with Crippen LogP contribution in [-0.2, 0) is 14.8 Å². The van der Waals surface area contributed by atoms with Crippen molar-refractivity contribution in [3.8, 4) is 0 Å². The molecular formula is C23H26ClN3O3S2. The molecule has 1 N–H and O–H groups in total. The van der Waals surface area contributed by atoms with E-state index in [4.69, 9.17) is 11.6 Å². The maximum absolute atomic E-state index is 12.9. The van der Waals surface area contributed by atoms with Crippen LogP contribution in [0.25, 0.3) is 10.9 Å². The summed E-state index contributed by atoms with van der Waals surface area (Å²) in [6.07, 6.45) is 0. The summed E-state index contributed by atoms with van der Waals surface area (Å²) >= 11 is 7.23. The molecule has 0 fully saturated rings. The van der Waals surface area contributed by atoms with Gasteiger partial charge in [0.1, 0.15) is 0 Å². The first kappa shape index (κ1) is 24.5. The normalized spacial score (nSPS) is 12.8. The zero-order valence-electron chi connectivity index (χ0n) is 18.4. The molecule has 0 saturated heterocycles. The van der Waals surface area contributed by atoms with Crippen molar-refractivity contribution in [1.82, 2.24) is 9.29 Å². The minimum absolute atomic E-state index is 0.141. The number of amides is 1. The number of nitrogens with zero attached hydrogens (tertiary/aromatic N) is 2. The Morgan fingerprint density at radius 3 is 2.41 bits per heavy atom. The molecule has 0 aliphatic carbocycles. The zero-order valence-corrected chi connectivity index (χ0v) is 20.8. The Bertz CT molecular complexity index is 1230. The number of aromatic nitrogens is 1. The van der Waals surface area contributed by atoms with Gasteiger partial charge in [-0.2, -0.15) is 4.31 Å². The van der Waals surface area contributed by atoms with Gasteiger partial charge in [-0.1, -0.05) is 37.2 Å². The van der Waals surface area contributed by atoms with E-state index in [-0.39, 0.29) is 16.1 Å². The van der Waals surface area contributed by atoms with Crippen LogP contribution in [0, 0.1) is 6.92 Å². The minimum atomic E-state index is -3.54. The molecule has 1 aromatic heterocycles. The van der Waals surface area contributed by atoms with Crippen molar-refractivity contribution in [2.24, 2.45) is 0 Å². The molecule has 2 aromatic carbocycles. The van der Waals surface area contributed by atoms with E-state index in [1.54, 1.807) is 42.5 Å². The topological polar surface area (TPSA) is 79.4 Å². The molecule has 1 amide bonds. The summed E-state index contributed by atoms with van der Waals surface area (Å²) in [6, 6.07) is 13.8. The molecule has 32 heavy (non-hydrogen) atoms. The van der Waals surface area contributed by atoms with Crippen LogP contribution in [0.1, 0.15) is 26.3 Å². The average Bonchev–Trinajstić information content (AvgIpc) is 2.75. The van der Waals surface area contributed by atoms with Gasteiger partial charge in [-0.25, -0.2) is 13.4 Å². The number of carbonyl (C=O) groups excluding carboxylic acids is 1. The van der Waals surface area contributed by atoms with Crippen molar-refractivity contribution in [3.63, 3.8) is 0 Å². The zero-order chi connectivity index (χ0) is 23.5. The fourth-order valence-corrected chi connectivity index (χ4v) is 5.82. The van der Waals surface area contributed by atoms with Gasteiger partial charge in [0.15, 0.2) is 0 Å². The second-order valence-corrected chi connectivity index (χ2v) is 11.0. The summed E-state index contributed by atoms with van der Waals surface area (Å²) < 4.78 is 27.1. The Kier molecular flexibility index (Phi) is 7.82. The van der Waals surface area contributed by atoms with E-state index < -0.39 is 10.0 Å². The Hall–Kier alpha value is -2.13. The van der Waals surface area contributed by atoms with Crippen LogP contribution >= 0.6 is 23.4 Å². The third kappa shape index (κ3) is 5.43. The van der Waals surface area contributed by atoms with Gasteiger partial charge in [0.25, 0.3) is 0 Å². The van der Waals surface area contributed by atoms with Crippen molar-refractivity contribution in [2.45, 2.75) is 42.9 Å². The maximum atomic E-state index is 12.9. The third-order valence-electron chi connectivity index (χ3n) is 5.09. The van der Waals surface area contributed by atoms with Crippen LogP contribution in [0.3, 0.4) is 0 Å². The highest BCUT2D eigenvalue weighted by atomic mass is 35.5. The Morgan fingerprint density at radius 2 is 1.78 bits per heavy atom. The molecule has 0 spiro atoms. The smallest absolute Gasteiger partial charge is 0.243 e. The molecule has 170 valence electrons. The van der Waals surface area contributed by atoms with Crippen LogP contribution < -0.4 is 5.32 Å². The summed E-state index contributed by atoms with van der Waals surface area (Å²) in [5.74, 6) is -0.141. The summed E-state index contributed by atoms with van der Waals surface area (Å²) in [5.41, 5.74) is 2.27. The Morgan fingerprint density at radius 1 is 1.12 bits per heavy atom. The molecule has 0 aliphatic heterocycles. The SMILES string of the molecule is CCN(CC)S(=O)(=O)c1ccc2nc(S[C@H](C)C(=O)Nc3ccc(Cl)cc3)cc(C)c2c1. The number of pyridine rings is 1. The molecule has 0 radical (unpaired) electrons. The van der Waals surface area contributed by atoms with Crippen LogP contribution in [0.5, 0.6) is 0 Å². The molecule has 1 atom stereocenters. The second kappa shape index (κ2) is 10.2. The van der Waals surface area contributed by atoms with Gasteiger partial charge in [-0.3, -0.25) is 4.79 Å². The van der Waals surface area contributed by atoms with Crippen molar-refractivity contribution in [1.29, 1.82) is 0 Å². The van der Waals surface area contributed by atoms with Crippen LogP contribution in [0.2, 0.25) is 5.02 Å². The molecule has 0 aliphatic rings. The first-order chi connectivity index (χ1) is 15.1. The van der Waals surface area contributed by atoms with E-state index in [0.717, 1.165) is 10.9 Å². The fourth-order valence-electron chi connectivity index (χ4n) is 3.29. The summed E-state index contributed by atoms with van der Waals surface area (Å²) in [6.45, 7) is 8.21. The van der Waals surface area contributed by atoms with Gasteiger partial charge in [0.2, 0.25) is 15.9 Å². The first-order valence-electron chi connectivity index (χ1n) is 10.3. The van der Waals surface area contributed by atoms with E-state index in [9.17, 15) is 13.2 Å². The number of hydrogen-bond donors (Lipinski definition) is 1. The van der Waals surface area contributed by atoms with E-state index in [0.29, 0.717) is 34.3 Å². The van der Waals surface area contributed by atoms with Gasteiger partial charge in [0.05, 0.1) is 20.7 Å². The van der Waals surface area contributed by atoms with Crippen molar-refractivity contribution in [3.05, 3.63) is 59.1 Å². The predicted molar refractivity (Wildman–Crippen MR) is 132 cm³/mol. The number of nitrogens with one attached hydrogen (secondary N) is 1. The number of thioether (sulfide) groups is 1. The summed E-state index contributed by atoms with van der Waals surface area (Å²) in [5, 5.41) is 4.58. The van der Waals surface area contributed by atoms with Crippen LogP contribution in [0.4, 0.5) is 5.69 Å². The van der Waals surface area contributed by atoms with Crippen molar-refractivity contribution >= 4 is 55.9 Å². The Balaban J connectivity index is 1.81. The lowest BCUT2D eigenvalue weighted by atomic mass is 10.1. The largest absolute Gasteiger partial charge is 0.325 e. The fraction of sp³-hybridized carbons (Fsp3) is 0.304. The van der Waals surface area contributed by atoms with E-state index >= 15 is 0 Å². The van der Waals surface area contributed by atoms with E-state index in [1.165, 1.54) is 16.1 Å².